The predicted molar refractivity (Wildman–Crippen MR) is 42.9 cm³/mol. The van der Waals surface area contributed by atoms with Crippen LogP contribution in [0.4, 0.5) is 4.39 Å². The lowest BCUT2D eigenvalue weighted by molar-refractivity contribution is 0.443. The molecule has 1 N–H and O–H groups in total. The van der Waals surface area contributed by atoms with Gasteiger partial charge in [-0.25, -0.2) is 0 Å². The molecule has 0 aliphatic rings. The van der Waals surface area contributed by atoms with Crippen LogP contribution in [0, 0.1) is 0 Å². The standard InChI is InChI=1S/C8H16FN/c1-3-5-8(2)10-7-4-6-9/h3,8,10H,1,4-7H2,2H3. The van der Waals surface area contributed by atoms with Gasteiger partial charge < -0.3 is 5.32 Å². The van der Waals surface area contributed by atoms with Gasteiger partial charge in [0, 0.05) is 6.04 Å². The minimum Gasteiger partial charge on any atom is -0.314 e. The summed E-state index contributed by atoms with van der Waals surface area (Å²) in [6.07, 6.45) is 3.43. The molecule has 0 amide bonds. The third-order valence-electron chi connectivity index (χ3n) is 1.32. The van der Waals surface area contributed by atoms with Crippen molar-refractivity contribution in [3.8, 4) is 0 Å². The monoisotopic (exact) mass is 145 g/mol. The van der Waals surface area contributed by atoms with Crippen molar-refractivity contribution in [2.75, 3.05) is 13.2 Å². The van der Waals surface area contributed by atoms with Crippen molar-refractivity contribution >= 4 is 0 Å². The Morgan fingerprint density at radius 3 is 2.90 bits per heavy atom. The van der Waals surface area contributed by atoms with Gasteiger partial charge in [0.25, 0.3) is 0 Å². The van der Waals surface area contributed by atoms with Crippen LogP contribution in [-0.4, -0.2) is 19.3 Å². The normalized spacial score (nSPS) is 13.0. The highest BCUT2D eigenvalue weighted by Gasteiger charge is 1.95. The topological polar surface area (TPSA) is 12.0 Å². The van der Waals surface area contributed by atoms with Crippen molar-refractivity contribution in [1.29, 1.82) is 0 Å². The molecule has 10 heavy (non-hydrogen) atoms. The molecule has 1 unspecified atom stereocenters. The Labute approximate surface area is 62.3 Å². The summed E-state index contributed by atoms with van der Waals surface area (Å²) in [5, 5.41) is 3.17. The smallest absolute Gasteiger partial charge is 0.0906 e. The van der Waals surface area contributed by atoms with Crippen molar-refractivity contribution < 1.29 is 4.39 Å². The van der Waals surface area contributed by atoms with Crippen LogP contribution in [0.2, 0.25) is 0 Å². The number of alkyl halides is 1. The summed E-state index contributed by atoms with van der Waals surface area (Å²) in [5.41, 5.74) is 0. The van der Waals surface area contributed by atoms with Gasteiger partial charge in [-0.1, -0.05) is 6.08 Å². The molecule has 0 fully saturated rings. The maximum absolute atomic E-state index is 11.6. The minimum absolute atomic E-state index is 0.228. The van der Waals surface area contributed by atoms with E-state index in [1.807, 2.05) is 6.08 Å². The van der Waals surface area contributed by atoms with Crippen LogP contribution < -0.4 is 5.32 Å². The van der Waals surface area contributed by atoms with Crippen molar-refractivity contribution in [2.45, 2.75) is 25.8 Å². The quantitative estimate of drug-likeness (QED) is 0.444. The highest BCUT2D eigenvalue weighted by atomic mass is 19.1. The summed E-state index contributed by atoms with van der Waals surface area (Å²) in [7, 11) is 0. The summed E-state index contributed by atoms with van der Waals surface area (Å²) in [5.74, 6) is 0. The predicted octanol–water partition coefficient (Wildman–Crippen LogP) is 1.90. The fourth-order valence-corrected chi connectivity index (χ4v) is 0.749. The fraction of sp³-hybridized carbons (Fsp3) is 0.750. The van der Waals surface area contributed by atoms with E-state index in [2.05, 4.69) is 18.8 Å². The van der Waals surface area contributed by atoms with Crippen molar-refractivity contribution in [2.24, 2.45) is 0 Å². The zero-order chi connectivity index (χ0) is 7.82. The lowest BCUT2D eigenvalue weighted by atomic mass is 10.2. The Morgan fingerprint density at radius 2 is 2.40 bits per heavy atom. The fourth-order valence-electron chi connectivity index (χ4n) is 0.749. The van der Waals surface area contributed by atoms with E-state index in [1.54, 1.807) is 0 Å². The third-order valence-corrected chi connectivity index (χ3v) is 1.32. The first-order valence-electron chi connectivity index (χ1n) is 3.71. The van der Waals surface area contributed by atoms with Gasteiger partial charge in [0.2, 0.25) is 0 Å². The van der Waals surface area contributed by atoms with Crippen molar-refractivity contribution in [3.05, 3.63) is 12.7 Å². The second kappa shape index (κ2) is 6.75. The molecule has 0 aromatic rings. The Kier molecular flexibility index (Phi) is 6.50. The number of hydrogen-bond acceptors (Lipinski definition) is 1. The number of hydrogen-bond donors (Lipinski definition) is 1. The van der Waals surface area contributed by atoms with Crippen LogP contribution in [0.15, 0.2) is 12.7 Å². The molecule has 0 bridgehead atoms. The molecular weight excluding hydrogens is 129 g/mol. The van der Waals surface area contributed by atoms with Crippen molar-refractivity contribution in [1.82, 2.24) is 5.32 Å². The summed E-state index contributed by atoms with van der Waals surface area (Å²) in [4.78, 5) is 0. The number of nitrogens with one attached hydrogen (secondary N) is 1. The highest BCUT2D eigenvalue weighted by molar-refractivity contribution is 4.74. The minimum atomic E-state index is -0.228. The Balaban J connectivity index is 3.04. The van der Waals surface area contributed by atoms with E-state index in [9.17, 15) is 4.39 Å². The van der Waals surface area contributed by atoms with Gasteiger partial charge >= 0.3 is 0 Å². The van der Waals surface area contributed by atoms with Gasteiger partial charge in [0.15, 0.2) is 0 Å². The SMILES string of the molecule is C=CCC(C)NCCCF. The average molecular weight is 145 g/mol. The maximum Gasteiger partial charge on any atom is 0.0906 e. The van der Waals surface area contributed by atoms with Crippen LogP contribution in [-0.2, 0) is 0 Å². The molecule has 2 heteroatoms. The molecule has 0 aliphatic carbocycles. The molecule has 60 valence electrons. The lowest BCUT2D eigenvalue weighted by Gasteiger charge is -2.09. The highest BCUT2D eigenvalue weighted by Crippen LogP contribution is 1.90. The molecule has 0 saturated heterocycles. The van der Waals surface area contributed by atoms with Gasteiger partial charge in [-0.3, -0.25) is 4.39 Å². The summed E-state index contributed by atoms with van der Waals surface area (Å²) in [6, 6.07) is 0.434. The molecule has 0 aliphatic heterocycles. The van der Waals surface area contributed by atoms with Gasteiger partial charge in [0.05, 0.1) is 6.67 Å². The first-order valence-corrected chi connectivity index (χ1v) is 3.71. The zero-order valence-electron chi connectivity index (χ0n) is 6.57. The molecule has 0 aromatic heterocycles. The van der Waals surface area contributed by atoms with E-state index in [0.29, 0.717) is 12.5 Å². The van der Waals surface area contributed by atoms with E-state index in [4.69, 9.17) is 0 Å². The van der Waals surface area contributed by atoms with Gasteiger partial charge in [0.1, 0.15) is 0 Å². The Morgan fingerprint density at radius 1 is 1.70 bits per heavy atom. The second-order valence-electron chi connectivity index (χ2n) is 2.42. The Hall–Kier alpha value is -0.370. The van der Waals surface area contributed by atoms with Crippen molar-refractivity contribution in [3.63, 3.8) is 0 Å². The molecule has 0 radical (unpaired) electrons. The molecule has 0 saturated carbocycles. The average Bonchev–Trinajstić information content (AvgIpc) is 1.89. The van der Waals surface area contributed by atoms with E-state index in [0.717, 1.165) is 13.0 Å². The number of rotatable bonds is 6. The molecule has 1 nitrogen and oxygen atoms in total. The summed E-state index contributed by atoms with van der Waals surface area (Å²) < 4.78 is 11.6. The van der Waals surface area contributed by atoms with Gasteiger partial charge in [-0.2, -0.15) is 0 Å². The number of halogens is 1. The van der Waals surface area contributed by atoms with Crippen LogP contribution >= 0.6 is 0 Å². The van der Waals surface area contributed by atoms with Crippen LogP contribution in [0.1, 0.15) is 19.8 Å². The maximum atomic E-state index is 11.6. The molecule has 0 spiro atoms. The summed E-state index contributed by atoms with van der Waals surface area (Å²) >= 11 is 0. The van der Waals surface area contributed by atoms with Gasteiger partial charge in [-0.05, 0) is 26.3 Å². The van der Waals surface area contributed by atoms with Gasteiger partial charge in [-0.15, -0.1) is 6.58 Å². The van der Waals surface area contributed by atoms with E-state index in [-0.39, 0.29) is 6.67 Å². The zero-order valence-corrected chi connectivity index (χ0v) is 6.57. The molecule has 0 rings (SSSR count). The Bertz CT molecular complexity index is 83.3. The molecular formula is C8H16FN. The lowest BCUT2D eigenvalue weighted by Crippen LogP contribution is -2.26. The first kappa shape index (κ1) is 9.63. The third kappa shape index (κ3) is 5.76. The largest absolute Gasteiger partial charge is 0.314 e. The van der Waals surface area contributed by atoms with E-state index in [1.165, 1.54) is 0 Å². The summed E-state index contributed by atoms with van der Waals surface area (Å²) in [6.45, 7) is 6.23. The van der Waals surface area contributed by atoms with E-state index >= 15 is 0 Å². The molecule has 0 heterocycles. The second-order valence-corrected chi connectivity index (χ2v) is 2.42. The van der Waals surface area contributed by atoms with Crippen LogP contribution in [0.25, 0.3) is 0 Å². The van der Waals surface area contributed by atoms with Crippen LogP contribution in [0.3, 0.4) is 0 Å². The van der Waals surface area contributed by atoms with Crippen LogP contribution in [0.5, 0.6) is 0 Å². The van der Waals surface area contributed by atoms with E-state index < -0.39 is 0 Å². The first-order chi connectivity index (χ1) is 4.81. The molecule has 1 atom stereocenters. The molecule has 0 aromatic carbocycles.